The Labute approximate surface area is 74.7 Å². The molecule has 1 saturated heterocycles. The number of hydrogen-bond acceptors (Lipinski definition) is 2. The van der Waals surface area contributed by atoms with Crippen molar-refractivity contribution >= 4 is 0 Å². The van der Waals surface area contributed by atoms with Crippen molar-refractivity contribution in [1.29, 1.82) is 0 Å². The van der Waals surface area contributed by atoms with Gasteiger partial charge in [-0.2, -0.15) is 0 Å². The summed E-state index contributed by atoms with van der Waals surface area (Å²) in [7, 11) is 0. The molecule has 70 valence electrons. The van der Waals surface area contributed by atoms with Gasteiger partial charge in [-0.3, -0.25) is 5.32 Å². The second-order valence-electron chi connectivity index (χ2n) is 4.02. The second kappa shape index (κ2) is 3.35. The Bertz CT molecular complexity index is 152. The molecule has 0 bridgehead atoms. The normalized spacial score (nSPS) is 42.2. The molecular formula is C10H19NO. The number of nitrogens with one attached hydrogen (secondary N) is 1. The van der Waals surface area contributed by atoms with Crippen molar-refractivity contribution in [3.8, 4) is 0 Å². The molecule has 1 saturated carbocycles. The smallest absolute Gasteiger partial charge is 0.122 e. The monoisotopic (exact) mass is 169 g/mol. The Balaban J connectivity index is 2.07. The van der Waals surface area contributed by atoms with Crippen LogP contribution in [0.2, 0.25) is 0 Å². The van der Waals surface area contributed by atoms with Gasteiger partial charge < -0.3 is 4.74 Å². The van der Waals surface area contributed by atoms with Crippen molar-refractivity contribution < 1.29 is 4.74 Å². The molecule has 2 rings (SSSR count). The van der Waals surface area contributed by atoms with Gasteiger partial charge in [-0.05, 0) is 25.7 Å². The maximum absolute atomic E-state index is 5.87. The van der Waals surface area contributed by atoms with E-state index in [0.717, 1.165) is 19.1 Å². The standard InChI is InChI=1S/C10H19NO/c1-2-9-5-3-4-6-10(9)11-7-8-12-10/h9,11H,2-8H2,1H3. The Morgan fingerprint density at radius 3 is 3.08 bits per heavy atom. The molecule has 1 aliphatic carbocycles. The summed E-state index contributed by atoms with van der Waals surface area (Å²) in [5.41, 5.74) is 0.0903. The fourth-order valence-corrected chi connectivity index (χ4v) is 2.72. The highest BCUT2D eigenvalue weighted by Crippen LogP contribution is 2.38. The zero-order valence-electron chi connectivity index (χ0n) is 7.94. The predicted octanol–water partition coefficient (Wildman–Crippen LogP) is 1.90. The van der Waals surface area contributed by atoms with Gasteiger partial charge in [-0.15, -0.1) is 0 Å². The van der Waals surface area contributed by atoms with Crippen LogP contribution in [0, 0.1) is 5.92 Å². The first-order chi connectivity index (χ1) is 5.87. The molecule has 0 aromatic rings. The molecule has 12 heavy (non-hydrogen) atoms. The topological polar surface area (TPSA) is 21.3 Å². The first-order valence-electron chi connectivity index (χ1n) is 5.26. The summed E-state index contributed by atoms with van der Waals surface area (Å²) in [4.78, 5) is 0. The maximum atomic E-state index is 5.87. The third kappa shape index (κ3) is 1.27. The van der Waals surface area contributed by atoms with Crippen molar-refractivity contribution in [2.45, 2.75) is 44.8 Å². The van der Waals surface area contributed by atoms with Crippen molar-refractivity contribution in [3.05, 3.63) is 0 Å². The van der Waals surface area contributed by atoms with Crippen LogP contribution in [0.5, 0.6) is 0 Å². The van der Waals surface area contributed by atoms with Crippen LogP contribution < -0.4 is 5.32 Å². The van der Waals surface area contributed by atoms with E-state index < -0.39 is 0 Å². The Hall–Kier alpha value is -0.0800. The van der Waals surface area contributed by atoms with Crippen LogP contribution in [0.3, 0.4) is 0 Å². The van der Waals surface area contributed by atoms with Gasteiger partial charge in [0.15, 0.2) is 0 Å². The summed E-state index contributed by atoms with van der Waals surface area (Å²) in [6.07, 6.45) is 6.57. The van der Waals surface area contributed by atoms with Crippen molar-refractivity contribution in [2.75, 3.05) is 13.2 Å². The SMILES string of the molecule is CCC1CCCCC12NCCO2. The van der Waals surface area contributed by atoms with Gasteiger partial charge in [0.2, 0.25) is 0 Å². The largest absolute Gasteiger partial charge is 0.359 e. The van der Waals surface area contributed by atoms with E-state index in [1.165, 1.54) is 32.1 Å². The molecule has 1 N–H and O–H groups in total. The van der Waals surface area contributed by atoms with Crippen LogP contribution in [0.1, 0.15) is 39.0 Å². The Morgan fingerprint density at radius 1 is 1.50 bits per heavy atom. The van der Waals surface area contributed by atoms with E-state index in [-0.39, 0.29) is 5.72 Å². The maximum Gasteiger partial charge on any atom is 0.122 e. The van der Waals surface area contributed by atoms with E-state index in [1.807, 2.05) is 0 Å². The van der Waals surface area contributed by atoms with Crippen molar-refractivity contribution in [3.63, 3.8) is 0 Å². The molecule has 0 aromatic heterocycles. The van der Waals surface area contributed by atoms with Gasteiger partial charge in [0.1, 0.15) is 5.72 Å². The van der Waals surface area contributed by atoms with E-state index in [4.69, 9.17) is 4.74 Å². The lowest BCUT2D eigenvalue weighted by molar-refractivity contribution is -0.0837. The van der Waals surface area contributed by atoms with E-state index in [9.17, 15) is 0 Å². The molecular weight excluding hydrogens is 150 g/mol. The third-order valence-electron chi connectivity index (χ3n) is 3.39. The average molecular weight is 169 g/mol. The van der Waals surface area contributed by atoms with E-state index in [1.54, 1.807) is 0 Å². The molecule has 0 aromatic carbocycles. The summed E-state index contributed by atoms with van der Waals surface area (Å²) in [5.74, 6) is 0.758. The minimum Gasteiger partial charge on any atom is -0.359 e. The Kier molecular flexibility index (Phi) is 2.37. The van der Waals surface area contributed by atoms with Gasteiger partial charge in [-0.1, -0.05) is 13.3 Å². The average Bonchev–Trinajstić information content (AvgIpc) is 2.55. The lowest BCUT2D eigenvalue weighted by Gasteiger charge is -2.40. The van der Waals surface area contributed by atoms with Crippen LogP contribution in [0.25, 0.3) is 0 Å². The molecule has 2 unspecified atom stereocenters. The highest BCUT2D eigenvalue weighted by molar-refractivity contribution is 4.91. The number of hydrogen-bond donors (Lipinski definition) is 1. The van der Waals surface area contributed by atoms with Gasteiger partial charge in [0.25, 0.3) is 0 Å². The van der Waals surface area contributed by atoms with Gasteiger partial charge >= 0.3 is 0 Å². The predicted molar refractivity (Wildman–Crippen MR) is 48.9 cm³/mol. The fraction of sp³-hybridized carbons (Fsp3) is 1.00. The van der Waals surface area contributed by atoms with Gasteiger partial charge in [0.05, 0.1) is 6.61 Å². The minimum absolute atomic E-state index is 0.0903. The third-order valence-corrected chi connectivity index (χ3v) is 3.39. The molecule has 2 aliphatic rings. The summed E-state index contributed by atoms with van der Waals surface area (Å²) in [6, 6.07) is 0. The summed E-state index contributed by atoms with van der Waals surface area (Å²) in [6.45, 7) is 4.24. The quantitative estimate of drug-likeness (QED) is 0.647. The Morgan fingerprint density at radius 2 is 2.42 bits per heavy atom. The van der Waals surface area contributed by atoms with Crippen LogP contribution in [-0.4, -0.2) is 18.9 Å². The molecule has 2 heteroatoms. The lowest BCUT2D eigenvalue weighted by Crippen LogP contribution is -2.49. The number of rotatable bonds is 1. The van der Waals surface area contributed by atoms with Crippen LogP contribution in [-0.2, 0) is 4.74 Å². The minimum atomic E-state index is 0.0903. The molecule has 2 fully saturated rings. The summed E-state index contributed by atoms with van der Waals surface area (Å²) >= 11 is 0. The van der Waals surface area contributed by atoms with E-state index in [2.05, 4.69) is 12.2 Å². The lowest BCUT2D eigenvalue weighted by atomic mass is 9.80. The van der Waals surface area contributed by atoms with Crippen molar-refractivity contribution in [2.24, 2.45) is 5.92 Å². The second-order valence-corrected chi connectivity index (χ2v) is 4.02. The first-order valence-corrected chi connectivity index (χ1v) is 5.26. The molecule has 2 atom stereocenters. The molecule has 1 spiro atoms. The molecule has 0 amide bonds. The zero-order valence-corrected chi connectivity index (χ0v) is 7.94. The van der Waals surface area contributed by atoms with Gasteiger partial charge in [0, 0.05) is 12.5 Å². The zero-order chi connectivity index (χ0) is 8.44. The van der Waals surface area contributed by atoms with Gasteiger partial charge in [-0.25, -0.2) is 0 Å². The molecule has 2 nitrogen and oxygen atoms in total. The highest BCUT2D eigenvalue weighted by atomic mass is 16.5. The molecule has 0 radical (unpaired) electrons. The van der Waals surface area contributed by atoms with Crippen molar-refractivity contribution in [1.82, 2.24) is 5.32 Å². The summed E-state index contributed by atoms with van der Waals surface area (Å²) in [5, 5.41) is 3.55. The van der Waals surface area contributed by atoms with Crippen LogP contribution >= 0.6 is 0 Å². The van der Waals surface area contributed by atoms with E-state index in [0.29, 0.717) is 0 Å². The molecule has 1 aliphatic heterocycles. The summed E-state index contributed by atoms with van der Waals surface area (Å²) < 4.78 is 5.87. The van der Waals surface area contributed by atoms with Crippen LogP contribution in [0.4, 0.5) is 0 Å². The molecule has 1 heterocycles. The highest BCUT2D eigenvalue weighted by Gasteiger charge is 2.42. The van der Waals surface area contributed by atoms with Crippen LogP contribution in [0.15, 0.2) is 0 Å². The fourth-order valence-electron chi connectivity index (χ4n) is 2.72. The number of ether oxygens (including phenoxy) is 1. The van der Waals surface area contributed by atoms with E-state index >= 15 is 0 Å². The first kappa shape index (κ1) is 8.52.